The number of nitrogens with zero attached hydrogens (tertiary/aromatic N) is 1. The number of fused-ring (bicyclic) bond motifs is 1. The first kappa shape index (κ1) is 24.3. The third kappa shape index (κ3) is 8.27. The Kier molecular flexibility index (Phi) is 10.5. The summed E-state index contributed by atoms with van der Waals surface area (Å²) in [6, 6.07) is 20.0. The van der Waals surface area contributed by atoms with Gasteiger partial charge >= 0.3 is 0 Å². The minimum absolute atomic E-state index is 0.389. The minimum atomic E-state index is -0.389. The second-order valence-corrected chi connectivity index (χ2v) is 8.84. The van der Waals surface area contributed by atoms with Crippen molar-refractivity contribution in [3.05, 3.63) is 71.9 Å². The number of pyridine rings is 1. The first-order chi connectivity index (χ1) is 15.8. The van der Waals surface area contributed by atoms with Gasteiger partial charge in [0.25, 0.3) is 0 Å². The first-order valence-electron chi connectivity index (χ1n) is 12.5. The number of hydrogen-bond acceptors (Lipinski definition) is 3. The number of ether oxygens (including phenoxy) is 1. The van der Waals surface area contributed by atoms with Gasteiger partial charge in [0.15, 0.2) is 0 Å². The van der Waals surface area contributed by atoms with Crippen LogP contribution in [-0.2, 0) is 6.61 Å². The standard InChI is InChI=1S/C29H39NO2/c1-2-3-4-5-6-7-8-9-10-11-16-29(31)25-18-21-27(22-19-25)32-23-26-20-17-24-14-12-13-15-28(24)30-26/h12-15,17-22,29,31H,2-11,16,23H2,1H3. The molecule has 0 fully saturated rings. The van der Waals surface area contributed by atoms with E-state index in [4.69, 9.17) is 4.74 Å². The van der Waals surface area contributed by atoms with E-state index in [0.717, 1.165) is 40.8 Å². The summed E-state index contributed by atoms with van der Waals surface area (Å²) in [4.78, 5) is 4.65. The van der Waals surface area contributed by atoms with Crippen molar-refractivity contribution in [2.45, 2.75) is 90.3 Å². The number of hydrogen-bond donors (Lipinski definition) is 1. The van der Waals surface area contributed by atoms with Gasteiger partial charge in [0.1, 0.15) is 12.4 Å². The van der Waals surface area contributed by atoms with E-state index in [0.29, 0.717) is 6.61 Å². The highest BCUT2D eigenvalue weighted by atomic mass is 16.5. The fourth-order valence-corrected chi connectivity index (χ4v) is 4.12. The molecule has 3 rings (SSSR count). The van der Waals surface area contributed by atoms with Gasteiger partial charge in [0.2, 0.25) is 0 Å². The molecule has 172 valence electrons. The van der Waals surface area contributed by atoms with Gasteiger partial charge in [-0.1, -0.05) is 108 Å². The number of aliphatic hydroxyl groups excluding tert-OH is 1. The Labute approximate surface area is 193 Å². The second kappa shape index (κ2) is 13.9. The summed E-state index contributed by atoms with van der Waals surface area (Å²) in [6.45, 7) is 2.70. The van der Waals surface area contributed by atoms with E-state index in [1.807, 2.05) is 48.5 Å². The summed E-state index contributed by atoms with van der Waals surface area (Å²) in [6.07, 6.45) is 13.6. The topological polar surface area (TPSA) is 42.4 Å². The number of para-hydroxylation sites is 1. The summed E-state index contributed by atoms with van der Waals surface area (Å²) >= 11 is 0. The van der Waals surface area contributed by atoms with Crippen LogP contribution in [0.4, 0.5) is 0 Å². The van der Waals surface area contributed by atoms with Crippen LogP contribution in [0.5, 0.6) is 5.75 Å². The third-order valence-corrected chi connectivity index (χ3v) is 6.14. The van der Waals surface area contributed by atoms with Gasteiger partial charge in [0, 0.05) is 5.39 Å². The van der Waals surface area contributed by atoms with E-state index in [1.54, 1.807) is 0 Å². The maximum absolute atomic E-state index is 10.5. The molecule has 32 heavy (non-hydrogen) atoms. The molecule has 3 nitrogen and oxygen atoms in total. The quantitative estimate of drug-likeness (QED) is 0.246. The lowest BCUT2D eigenvalue weighted by atomic mass is 10.0. The molecule has 0 saturated carbocycles. The lowest BCUT2D eigenvalue weighted by Crippen LogP contribution is -2.00. The van der Waals surface area contributed by atoms with Crippen LogP contribution in [-0.4, -0.2) is 10.1 Å². The van der Waals surface area contributed by atoms with E-state index < -0.39 is 0 Å². The predicted molar refractivity (Wildman–Crippen MR) is 134 cm³/mol. The van der Waals surface area contributed by atoms with E-state index >= 15 is 0 Å². The first-order valence-corrected chi connectivity index (χ1v) is 12.5. The van der Waals surface area contributed by atoms with Crippen LogP contribution in [0.1, 0.15) is 94.9 Å². The molecule has 1 heterocycles. The van der Waals surface area contributed by atoms with Crippen molar-refractivity contribution in [1.82, 2.24) is 4.98 Å². The highest BCUT2D eigenvalue weighted by molar-refractivity contribution is 5.78. The average Bonchev–Trinajstić information content (AvgIpc) is 2.84. The zero-order valence-corrected chi connectivity index (χ0v) is 19.6. The Bertz CT molecular complexity index is 906. The molecule has 0 aliphatic heterocycles. The maximum atomic E-state index is 10.5. The van der Waals surface area contributed by atoms with E-state index in [9.17, 15) is 5.11 Å². The number of aromatic nitrogens is 1. The van der Waals surface area contributed by atoms with Crippen molar-refractivity contribution in [2.75, 3.05) is 0 Å². The summed E-state index contributed by atoms with van der Waals surface area (Å²) < 4.78 is 5.90. The van der Waals surface area contributed by atoms with Gasteiger partial charge in [-0.25, -0.2) is 4.98 Å². The van der Waals surface area contributed by atoms with E-state index in [2.05, 4.69) is 24.0 Å². The van der Waals surface area contributed by atoms with Crippen molar-refractivity contribution >= 4 is 10.9 Å². The van der Waals surface area contributed by atoms with Crippen LogP contribution in [0, 0.1) is 0 Å². The zero-order valence-electron chi connectivity index (χ0n) is 19.6. The lowest BCUT2D eigenvalue weighted by molar-refractivity contribution is 0.163. The molecule has 0 spiro atoms. The molecule has 1 N–H and O–H groups in total. The molecule has 0 aliphatic rings. The molecule has 1 unspecified atom stereocenters. The number of benzene rings is 2. The molecule has 2 aromatic carbocycles. The number of rotatable bonds is 15. The van der Waals surface area contributed by atoms with Crippen LogP contribution < -0.4 is 4.74 Å². The second-order valence-electron chi connectivity index (χ2n) is 8.84. The van der Waals surface area contributed by atoms with Crippen LogP contribution in [0.2, 0.25) is 0 Å². The normalized spacial score (nSPS) is 12.2. The molecule has 1 atom stereocenters. The minimum Gasteiger partial charge on any atom is -0.487 e. The molecule has 0 bridgehead atoms. The number of unbranched alkanes of at least 4 members (excludes halogenated alkanes) is 9. The molecular weight excluding hydrogens is 394 g/mol. The molecule has 0 radical (unpaired) electrons. The predicted octanol–water partition coefficient (Wildman–Crippen LogP) is 8.16. The zero-order chi connectivity index (χ0) is 22.4. The molecule has 3 aromatic rings. The van der Waals surface area contributed by atoms with Crippen LogP contribution in [0.25, 0.3) is 10.9 Å². The lowest BCUT2D eigenvalue weighted by Gasteiger charge is -2.12. The van der Waals surface area contributed by atoms with Crippen molar-refractivity contribution in [3.8, 4) is 5.75 Å². The summed E-state index contributed by atoms with van der Waals surface area (Å²) in [5.41, 5.74) is 2.87. The highest BCUT2D eigenvalue weighted by Crippen LogP contribution is 2.23. The molecule has 0 aliphatic carbocycles. The summed E-state index contributed by atoms with van der Waals surface area (Å²) in [5.74, 6) is 0.801. The van der Waals surface area contributed by atoms with Crippen molar-refractivity contribution in [2.24, 2.45) is 0 Å². The van der Waals surface area contributed by atoms with Crippen LogP contribution in [0.15, 0.2) is 60.7 Å². The fraction of sp³-hybridized carbons (Fsp3) is 0.483. The van der Waals surface area contributed by atoms with E-state index in [-0.39, 0.29) is 6.10 Å². The molecule has 0 amide bonds. The Morgan fingerprint density at radius 2 is 1.41 bits per heavy atom. The summed E-state index contributed by atoms with van der Waals surface area (Å²) in [5, 5.41) is 11.6. The van der Waals surface area contributed by atoms with Gasteiger partial charge in [-0.05, 0) is 36.2 Å². The Morgan fingerprint density at radius 1 is 0.750 bits per heavy atom. The Morgan fingerprint density at radius 3 is 2.12 bits per heavy atom. The molecular formula is C29H39NO2. The summed E-state index contributed by atoms with van der Waals surface area (Å²) in [7, 11) is 0. The van der Waals surface area contributed by atoms with Gasteiger partial charge in [-0.15, -0.1) is 0 Å². The van der Waals surface area contributed by atoms with Crippen molar-refractivity contribution in [1.29, 1.82) is 0 Å². The van der Waals surface area contributed by atoms with Crippen LogP contribution in [0.3, 0.4) is 0 Å². The van der Waals surface area contributed by atoms with Gasteiger partial charge < -0.3 is 9.84 Å². The van der Waals surface area contributed by atoms with Gasteiger partial charge in [-0.3, -0.25) is 0 Å². The van der Waals surface area contributed by atoms with Crippen molar-refractivity contribution < 1.29 is 9.84 Å². The van der Waals surface area contributed by atoms with Crippen LogP contribution >= 0.6 is 0 Å². The van der Waals surface area contributed by atoms with Crippen molar-refractivity contribution in [3.63, 3.8) is 0 Å². The monoisotopic (exact) mass is 433 g/mol. The number of aliphatic hydroxyl groups is 1. The molecule has 1 aromatic heterocycles. The molecule has 3 heteroatoms. The fourth-order valence-electron chi connectivity index (χ4n) is 4.12. The Hall–Kier alpha value is -2.39. The SMILES string of the molecule is CCCCCCCCCCCCC(O)c1ccc(OCc2ccc3ccccc3n2)cc1. The Balaban J connectivity index is 1.32. The molecule has 0 saturated heterocycles. The van der Waals surface area contributed by atoms with Gasteiger partial charge in [0.05, 0.1) is 17.3 Å². The maximum Gasteiger partial charge on any atom is 0.130 e. The largest absolute Gasteiger partial charge is 0.487 e. The van der Waals surface area contributed by atoms with E-state index in [1.165, 1.54) is 57.8 Å². The smallest absolute Gasteiger partial charge is 0.130 e. The third-order valence-electron chi connectivity index (χ3n) is 6.14. The average molecular weight is 434 g/mol. The highest BCUT2D eigenvalue weighted by Gasteiger charge is 2.08. The van der Waals surface area contributed by atoms with Gasteiger partial charge in [-0.2, -0.15) is 0 Å².